The molecule has 1 atom stereocenters. The van der Waals surface area contributed by atoms with Gasteiger partial charge in [-0.15, -0.1) is 0 Å². The lowest BCUT2D eigenvalue weighted by molar-refractivity contribution is 0.00691. The minimum absolute atomic E-state index is 0.399. The summed E-state index contributed by atoms with van der Waals surface area (Å²) in [5.74, 6) is 1.37. The molecular weight excluding hydrogens is 278 g/mol. The molecule has 0 aromatic heterocycles. The van der Waals surface area contributed by atoms with E-state index in [1.54, 1.807) is 7.11 Å². The first-order chi connectivity index (χ1) is 10.5. The van der Waals surface area contributed by atoms with Crippen LogP contribution in [0.2, 0.25) is 0 Å². The second kappa shape index (κ2) is 10.6. The van der Waals surface area contributed by atoms with Crippen LogP contribution in [0.4, 0.5) is 0 Å². The van der Waals surface area contributed by atoms with Gasteiger partial charge < -0.3 is 14.6 Å². The van der Waals surface area contributed by atoms with Gasteiger partial charge in [0.25, 0.3) is 0 Å². The molecule has 22 heavy (non-hydrogen) atoms. The summed E-state index contributed by atoms with van der Waals surface area (Å²) in [5, 5.41) is 10.1. The van der Waals surface area contributed by atoms with Crippen LogP contribution in [0.15, 0.2) is 24.3 Å². The minimum atomic E-state index is -0.448. The SMILES string of the molecule is CCCN(Cc1cccc(OC)c1)C[C@@H](O)COCC(C)C. The van der Waals surface area contributed by atoms with E-state index in [9.17, 15) is 5.11 Å². The van der Waals surface area contributed by atoms with E-state index in [4.69, 9.17) is 9.47 Å². The normalized spacial score (nSPS) is 12.9. The molecule has 0 unspecified atom stereocenters. The number of ether oxygens (including phenoxy) is 2. The Bertz CT molecular complexity index is 409. The van der Waals surface area contributed by atoms with Crippen LogP contribution in [0.3, 0.4) is 0 Å². The van der Waals surface area contributed by atoms with E-state index in [2.05, 4.69) is 31.7 Å². The van der Waals surface area contributed by atoms with Gasteiger partial charge in [-0.2, -0.15) is 0 Å². The van der Waals surface area contributed by atoms with E-state index in [0.717, 1.165) is 25.3 Å². The molecule has 0 aliphatic carbocycles. The molecule has 0 saturated carbocycles. The fourth-order valence-corrected chi connectivity index (χ4v) is 2.37. The Morgan fingerprint density at radius 2 is 2.00 bits per heavy atom. The average Bonchev–Trinajstić information content (AvgIpc) is 2.47. The zero-order chi connectivity index (χ0) is 16.4. The molecular formula is C18H31NO3. The van der Waals surface area contributed by atoms with Crippen LogP contribution >= 0.6 is 0 Å². The summed E-state index contributed by atoms with van der Waals surface area (Å²) >= 11 is 0. The third-order valence-corrected chi connectivity index (χ3v) is 3.31. The summed E-state index contributed by atoms with van der Waals surface area (Å²) in [4.78, 5) is 2.26. The van der Waals surface area contributed by atoms with Crippen LogP contribution in [-0.2, 0) is 11.3 Å². The third-order valence-electron chi connectivity index (χ3n) is 3.31. The summed E-state index contributed by atoms with van der Waals surface area (Å²) in [6.07, 6.45) is 0.611. The van der Waals surface area contributed by atoms with Gasteiger partial charge in [-0.3, -0.25) is 4.90 Å². The molecule has 0 aliphatic heterocycles. The van der Waals surface area contributed by atoms with Crippen molar-refractivity contribution in [1.82, 2.24) is 4.90 Å². The maximum absolute atomic E-state index is 10.1. The van der Waals surface area contributed by atoms with Gasteiger partial charge in [0, 0.05) is 19.7 Å². The van der Waals surface area contributed by atoms with Crippen molar-refractivity contribution in [2.24, 2.45) is 5.92 Å². The summed E-state index contributed by atoms with van der Waals surface area (Å²) < 4.78 is 10.8. The largest absolute Gasteiger partial charge is 0.497 e. The van der Waals surface area contributed by atoms with Gasteiger partial charge in [-0.05, 0) is 36.6 Å². The summed E-state index contributed by atoms with van der Waals surface area (Å²) in [5.41, 5.74) is 1.20. The Hall–Kier alpha value is -1.10. The predicted molar refractivity (Wildman–Crippen MR) is 90.2 cm³/mol. The highest BCUT2D eigenvalue weighted by molar-refractivity contribution is 5.28. The predicted octanol–water partition coefficient (Wildman–Crippen LogP) is 2.94. The molecule has 0 spiro atoms. The Morgan fingerprint density at radius 3 is 2.64 bits per heavy atom. The standard InChI is InChI=1S/C18H31NO3/c1-5-9-19(12-17(20)14-22-13-15(2)3)11-16-7-6-8-18(10-16)21-4/h6-8,10,15,17,20H,5,9,11-14H2,1-4H3/t17-/m1/s1. The van der Waals surface area contributed by atoms with E-state index < -0.39 is 6.10 Å². The van der Waals surface area contributed by atoms with Crippen LogP contribution < -0.4 is 4.74 Å². The summed E-state index contributed by atoms with van der Waals surface area (Å²) in [7, 11) is 1.68. The van der Waals surface area contributed by atoms with E-state index in [1.807, 2.05) is 18.2 Å². The van der Waals surface area contributed by atoms with E-state index >= 15 is 0 Å². The van der Waals surface area contributed by atoms with E-state index in [1.165, 1.54) is 5.56 Å². The first-order valence-electron chi connectivity index (χ1n) is 8.16. The number of nitrogens with zero attached hydrogens (tertiary/aromatic N) is 1. The molecule has 1 rings (SSSR count). The molecule has 0 aliphatic rings. The fourth-order valence-electron chi connectivity index (χ4n) is 2.37. The second-order valence-corrected chi connectivity index (χ2v) is 6.17. The van der Waals surface area contributed by atoms with Crippen LogP contribution in [-0.4, -0.2) is 49.5 Å². The van der Waals surface area contributed by atoms with Gasteiger partial charge >= 0.3 is 0 Å². The molecule has 0 heterocycles. The smallest absolute Gasteiger partial charge is 0.119 e. The second-order valence-electron chi connectivity index (χ2n) is 6.17. The van der Waals surface area contributed by atoms with Crippen molar-refractivity contribution >= 4 is 0 Å². The van der Waals surface area contributed by atoms with Gasteiger partial charge in [-0.1, -0.05) is 32.9 Å². The quantitative estimate of drug-likeness (QED) is 0.682. The Labute approximate surface area is 135 Å². The molecule has 126 valence electrons. The summed E-state index contributed by atoms with van der Waals surface area (Å²) in [6, 6.07) is 8.08. The number of aliphatic hydroxyl groups excluding tert-OH is 1. The zero-order valence-electron chi connectivity index (χ0n) is 14.4. The fraction of sp³-hybridized carbons (Fsp3) is 0.667. The summed E-state index contributed by atoms with van der Waals surface area (Å²) in [6.45, 7) is 9.86. The topological polar surface area (TPSA) is 41.9 Å². The molecule has 4 heteroatoms. The molecule has 0 fully saturated rings. The number of methoxy groups -OCH3 is 1. The zero-order valence-corrected chi connectivity index (χ0v) is 14.4. The molecule has 0 bridgehead atoms. The van der Waals surface area contributed by atoms with Crippen molar-refractivity contribution < 1.29 is 14.6 Å². The number of hydrogen-bond acceptors (Lipinski definition) is 4. The van der Waals surface area contributed by atoms with Crippen molar-refractivity contribution in [1.29, 1.82) is 0 Å². The first-order valence-corrected chi connectivity index (χ1v) is 8.16. The monoisotopic (exact) mass is 309 g/mol. The molecule has 0 amide bonds. The highest BCUT2D eigenvalue weighted by atomic mass is 16.5. The maximum Gasteiger partial charge on any atom is 0.119 e. The van der Waals surface area contributed by atoms with Crippen molar-refractivity contribution in [3.63, 3.8) is 0 Å². The van der Waals surface area contributed by atoms with Crippen molar-refractivity contribution in [2.75, 3.05) is 33.4 Å². The lowest BCUT2D eigenvalue weighted by Crippen LogP contribution is -2.35. The Kier molecular flexibility index (Phi) is 9.13. The Morgan fingerprint density at radius 1 is 1.23 bits per heavy atom. The average molecular weight is 309 g/mol. The van der Waals surface area contributed by atoms with Crippen molar-refractivity contribution in [3.05, 3.63) is 29.8 Å². The van der Waals surface area contributed by atoms with Gasteiger partial charge in [-0.25, -0.2) is 0 Å². The first kappa shape index (κ1) is 18.9. The minimum Gasteiger partial charge on any atom is -0.497 e. The van der Waals surface area contributed by atoms with Crippen molar-refractivity contribution in [3.8, 4) is 5.75 Å². The van der Waals surface area contributed by atoms with Crippen LogP contribution in [0, 0.1) is 5.92 Å². The molecule has 1 aromatic rings. The number of hydrogen-bond donors (Lipinski definition) is 1. The highest BCUT2D eigenvalue weighted by Gasteiger charge is 2.12. The molecule has 0 saturated heterocycles. The number of aliphatic hydroxyl groups is 1. The van der Waals surface area contributed by atoms with Crippen LogP contribution in [0.1, 0.15) is 32.8 Å². The number of rotatable bonds is 11. The van der Waals surface area contributed by atoms with Crippen LogP contribution in [0.5, 0.6) is 5.75 Å². The van der Waals surface area contributed by atoms with Gasteiger partial charge in [0.05, 0.1) is 19.8 Å². The lowest BCUT2D eigenvalue weighted by atomic mass is 10.2. The third kappa shape index (κ3) is 7.78. The highest BCUT2D eigenvalue weighted by Crippen LogP contribution is 2.14. The molecule has 0 radical (unpaired) electrons. The van der Waals surface area contributed by atoms with Crippen molar-refractivity contribution in [2.45, 2.75) is 39.8 Å². The van der Waals surface area contributed by atoms with Gasteiger partial charge in [0.15, 0.2) is 0 Å². The molecule has 1 N–H and O–H groups in total. The number of benzene rings is 1. The Balaban J connectivity index is 2.49. The van der Waals surface area contributed by atoms with E-state index in [0.29, 0.717) is 25.7 Å². The molecule has 1 aromatic carbocycles. The van der Waals surface area contributed by atoms with Crippen LogP contribution in [0.25, 0.3) is 0 Å². The van der Waals surface area contributed by atoms with Gasteiger partial charge in [0.1, 0.15) is 5.75 Å². The van der Waals surface area contributed by atoms with E-state index in [-0.39, 0.29) is 0 Å². The maximum atomic E-state index is 10.1. The van der Waals surface area contributed by atoms with Gasteiger partial charge in [0.2, 0.25) is 0 Å². The molecule has 4 nitrogen and oxygen atoms in total. The lowest BCUT2D eigenvalue weighted by Gasteiger charge is -2.25.